The minimum atomic E-state index is -1.16. The van der Waals surface area contributed by atoms with E-state index in [1.54, 1.807) is 0 Å². The van der Waals surface area contributed by atoms with Gasteiger partial charge in [-0.2, -0.15) is 0 Å². The first-order chi connectivity index (χ1) is 8.00. The Morgan fingerprint density at radius 3 is 2.76 bits per heavy atom. The summed E-state index contributed by atoms with van der Waals surface area (Å²) in [5.41, 5.74) is -0.0406. The zero-order chi connectivity index (χ0) is 12.6. The van der Waals surface area contributed by atoms with Crippen molar-refractivity contribution in [3.05, 3.63) is 51.5 Å². The van der Waals surface area contributed by atoms with Gasteiger partial charge in [0.15, 0.2) is 0 Å². The van der Waals surface area contributed by atoms with Gasteiger partial charge < -0.3 is 9.67 Å². The second-order valence-electron chi connectivity index (χ2n) is 3.29. The maximum absolute atomic E-state index is 13.7. The van der Waals surface area contributed by atoms with Crippen LogP contribution >= 0.6 is 27.5 Å². The molecule has 1 aromatic heterocycles. The molecule has 0 amide bonds. The normalized spacial score (nSPS) is 10.5. The molecule has 2 aromatic rings. The van der Waals surface area contributed by atoms with Crippen molar-refractivity contribution in [2.45, 2.75) is 0 Å². The minimum absolute atomic E-state index is 0.0252. The fraction of sp³-hybridized carbons (Fsp3) is 0. The van der Waals surface area contributed by atoms with Crippen LogP contribution in [-0.4, -0.2) is 15.6 Å². The number of carbonyl (C=O) groups is 1. The molecule has 88 valence electrons. The Labute approximate surface area is 110 Å². The standard InChI is InChI=1S/C11H6BrClFNO2/c12-6-4-9(11(16)17)15(5-6)10-7(13)2-1-3-8(10)14/h1-5H,(H,16,17). The first-order valence-electron chi connectivity index (χ1n) is 4.56. The van der Waals surface area contributed by atoms with Crippen LogP contribution in [0.4, 0.5) is 4.39 Å². The van der Waals surface area contributed by atoms with Gasteiger partial charge in [-0.15, -0.1) is 0 Å². The zero-order valence-corrected chi connectivity index (χ0v) is 10.7. The summed E-state index contributed by atoms with van der Waals surface area (Å²) in [6.07, 6.45) is 1.45. The molecule has 1 heterocycles. The number of hydrogen-bond donors (Lipinski definition) is 1. The molecule has 2 rings (SSSR count). The fourth-order valence-electron chi connectivity index (χ4n) is 1.50. The molecule has 1 N–H and O–H groups in total. The molecule has 0 spiro atoms. The van der Waals surface area contributed by atoms with Crippen LogP contribution in [-0.2, 0) is 0 Å². The minimum Gasteiger partial charge on any atom is -0.477 e. The first-order valence-corrected chi connectivity index (χ1v) is 5.73. The SMILES string of the molecule is O=C(O)c1cc(Br)cn1-c1c(F)cccc1Cl. The van der Waals surface area contributed by atoms with Crippen molar-refractivity contribution in [2.24, 2.45) is 0 Å². The van der Waals surface area contributed by atoms with Gasteiger partial charge in [0, 0.05) is 10.7 Å². The highest BCUT2D eigenvalue weighted by atomic mass is 79.9. The average Bonchev–Trinajstić information content (AvgIpc) is 2.60. The monoisotopic (exact) mass is 317 g/mol. The summed E-state index contributed by atoms with van der Waals surface area (Å²) in [5.74, 6) is -1.74. The third kappa shape index (κ3) is 2.21. The Balaban J connectivity index is 2.72. The van der Waals surface area contributed by atoms with Crippen LogP contribution in [0.5, 0.6) is 0 Å². The van der Waals surface area contributed by atoms with Gasteiger partial charge in [-0.3, -0.25) is 0 Å². The van der Waals surface area contributed by atoms with Gasteiger partial charge in [0.25, 0.3) is 0 Å². The van der Waals surface area contributed by atoms with Gasteiger partial charge in [-0.05, 0) is 34.1 Å². The van der Waals surface area contributed by atoms with Crippen LogP contribution < -0.4 is 0 Å². The molecule has 17 heavy (non-hydrogen) atoms. The van der Waals surface area contributed by atoms with Crippen molar-refractivity contribution in [1.29, 1.82) is 0 Å². The molecule has 0 bridgehead atoms. The number of nitrogens with zero attached hydrogens (tertiary/aromatic N) is 1. The van der Waals surface area contributed by atoms with Crippen LogP contribution in [0.3, 0.4) is 0 Å². The van der Waals surface area contributed by atoms with E-state index >= 15 is 0 Å². The quantitative estimate of drug-likeness (QED) is 0.916. The van der Waals surface area contributed by atoms with Crippen molar-refractivity contribution < 1.29 is 14.3 Å². The highest BCUT2D eigenvalue weighted by Crippen LogP contribution is 2.27. The lowest BCUT2D eigenvalue weighted by molar-refractivity contribution is 0.0688. The van der Waals surface area contributed by atoms with Crippen molar-refractivity contribution >= 4 is 33.5 Å². The molecule has 0 aliphatic carbocycles. The predicted octanol–water partition coefficient (Wildman–Crippen LogP) is 3.73. The highest BCUT2D eigenvalue weighted by Gasteiger charge is 2.17. The van der Waals surface area contributed by atoms with Crippen LogP contribution in [0.15, 0.2) is 34.9 Å². The van der Waals surface area contributed by atoms with E-state index in [2.05, 4.69) is 15.9 Å². The number of para-hydroxylation sites is 1. The number of benzene rings is 1. The Kier molecular flexibility index (Phi) is 3.22. The maximum Gasteiger partial charge on any atom is 0.352 e. The number of aromatic carboxylic acids is 1. The second kappa shape index (κ2) is 4.50. The number of halogens is 3. The predicted molar refractivity (Wildman–Crippen MR) is 65.4 cm³/mol. The number of carboxylic acids is 1. The van der Waals surface area contributed by atoms with Crippen molar-refractivity contribution in [3.8, 4) is 5.69 Å². The topological polar surface area (TPSA) is 42.2 Å². The summed E-state index contributed by atoms with van der Waals surface area (Å²) in [5, 5.41) is 9.16. The highest BCUT2D eigenvalue weighted by molar-refractivity contribution is 9.10. The molecule has 3 nitrogen and oxygen atoms in total. The fourth-order valence-corrected chi connectivity index (χ4v) is 2.17. The lowest BCUT2D eigenvalue weighted by Crippen LogP contribution is -2.07. The summed E-state index contributed by atoms with van der Waals surface area (Å²) < 4.78 is 15.4. The van der Waals surface area contributed by atoms with Crippen LogP contribution in [0.25, 0.3) is 5.69 Å². The Morgan fingerprint density at radius 1 is 1.47 bits per heavy atom. The lowest BCUT2D eigenvalue weighted by atomic mass is 10.3. The van der Waals surface area contributed by atoms with Gasteiger partial charge in [0.05, 0.1) is 5.02 Å². The van der Waals surface area contributed by atoms with E-state index in [4.69, 9.17) is 16.7 Å². The van der Waals surface area contributed by atoms with Crippen LogP contribution in [0.1, 0.15) is 10.5 Å². The summed E-state index contributed by atoms with van der Waals surface area (Å²) in [6.45, 7) is 0. The molecular weight excluding hydrogens is 312 g/mol. The summed E-state index contributed by atoms with van der Waals surface area (Å²) in [4.78, 5) is 11.0. The molecule has 0 radical (unpaired) electrons. The molecule has 6 heteroatoms. The number of hydrogen-bond acceptors (Lipinski definition) is 1. The van der Waals surface area contributed by atoms with E-state index in [1.807, 2.05) is 0 Å². The third-order valence-electron chi connectivity index (χ3n) is 2.18. The van der Waals surface area contributed by atoms with E-state index < -0.39 is 11.8 Å². The van der Waals surface area contributed by atoms with Crippen LogP contribution in [0.2, 0.25) is 5.02 Å². The van der Waals surface area contributed by atoms with E-state index in [0.717, 1.165) is 0 Å². The maximum atomic E-state index is 13.7. The molecule has 0 aliphatic rings. The molecule has 0 unspecified atom stereocenters. The Bertz CT molecular complexity index is 577. The average molecular weight is 319 g/mol. The van der Waals surface area contributed by atoms with Crippen molar-refractivity contribution in [3.63, 3.8) is 0 Å². The third-order valence-corrected chi connectivity index (χ3v) is 2.92. The van der Waals surface area contributed by atoms with E-state index in [-0.39, 0.29) is 16.4 Å². The molecule has 1 aromatic carbocycles. The van der Waals surface area contributed by atoms with Gasteiger partial charge in [0.1, 0.15) is 17.2 Å². The summed E-state index contributed by atoms with van der Waals surface area (Å²) in [6, 6.07) is 5.56. The van der Waals surface area contributed by atoms with Gasteiger partial charge in [0.2, 0.25) is 0 Å². The molecule has 0 aliphatic heterocycles. The molecule has 0 saturated carbocycles. The zero-order valence-electron chi connectivity index (χ0n) is 8.32. The largest absolute Gasteiger partial charge is 0.477 e. The smallest absolute Gasteiger partial charge is 0.352 e. The number of rotatable bonds is 2. The first kappa shape index (κ1) is 12.1. The summed E-state index contributed by atoms with van der Waals surface area (Å²) in [7, 11) is 0. The Hall–Kier alpha value is -1.33. The van der Waals surface area contributed by atoms with Crippen molar-refractivity contribution in [2.75, 3.05) is 0 Å². The molecule has 0 fully saturated rings. The van der Waals surface area contributed by atoms with E-state index in [0.29, 0.717) is 4.47 Å². The van der Waals surface area contributed by atoms with E-state index in [1.165, 1.54) is 35.0 Å². The Morgan fingerprint density at radius 2 is 2.18 bits per heavy atom. The van der Waals surface area contributed by atoms with Crippen molar-refractivity contribution in [1.82, 2.24) is 4.57 Å². The molecule has 0 saturated heterocycles. The second-order valence-corrected chi connectivity index (χ2v) is 4.61. The van der Waals surface area contributed by atoms with Gasteiger partial charge >= 0.3 is 5.97 Å². The molecular formula is C11H6BrClFNO2. The van der Waals surface area contributed by atoms with E-state index in [9.17, 15) is 9.18 Å². The number of aromatic nitrogens is 1. The van der Waals surface area contributed by atoms with Gasteiger partial charge in [-0.25, -0.2) is 9.18 Å². The van der Waals surface area contributed by atoms with Crippen LogP contribution in [0, 0.1) is 5.82 Å². The lowest BCUT2D eigenvalue weighted by Gasteiger charge is -2.09. The summed E-state index contributed by atoms with van der Waals surface area (Å²) >= 11 is 9.03. The molecule has 0 atom stereocenters. The van der Waals surface area contributed by atoms with Gasteiger partial charge in [-0.1, -0.05) is 17.7 Å². The number of carboxylic acid groups (broad SMARTS) is 1.